The lowest BCUT2D eigenvalue weighted by Gasteiger charge is -2.07. The third-order valence-electron chi connectivity index (χ3n) is 3.09. The van der Waals surface area contributed by atoms with Crippen LogP contribution < -0.4 is 14.8 Å². The minimum Gasteiger partial charge on any atom is -0.497 e. The van der Waals surface area contributed by atoms with Crippen LogP contribution in [0.15, 0.2) is 42.6 Å². The molecule has 2 rings (SSSR count). The second-order valence-corrected chi connectivity index (χ2v) is 4.48. The highest BCUT2D eigenvalue weighted by atomic mass is 16.5. The van der Waals surface area contributed by atoms with Gasteiger partial charge in [-0.15, -0.1) is 0 Å². The number of ether oxygens (including phenoxy) is 2. The Labute approximate surface area is 119 Å². The summed E-state index contributed by atoms with van der Waals surface area (Å²) in [6.07, 6.45) is 2.76. The molecule has 1 heterocycles. The molecule has 0 saturated carbocycles. The van der Waals surface area contributed by atoms with Gasteiger partial charge in [-0.05, 0) is 42.3 Å². The second-order valence-electron chi connectivity index (χ2n) is 4.48. The molecule has 0 unspecified atom stereocenters. The van der Waals surface area contributed by atoms with E-state index < -0.39 is 0 Å². The largest absolute Gasteiger partial charge is 0.497 e. The van der Waals surface area contributed by atoms with E-state index in [0.29, 0.717) is 5.88 Å². The van der Waals surface area contributed by atoms with Gasteiger partial charge in [-0.2, -0.15) is 0 Å². The Bertz CT molecular complexity index is 526. The summed E-state index contributed by atoms with van der Waals surface area (Å²) in [7, 11) is 3.31. The summed E-state index contributed by atoms with van der Waals surface area (Å²) in [6.45, 7) is 1.74. The van der Waals surface area contributed by atoms with E-state index in [1.165, 1.54) is 11.1 Å². The number of nitrogens with zero attached hydrogens (tertiary/aromatic N) is 1. The van der Waals surface area contributed by atoms with Crippen molar-refractivity contribution in [3.05, 3.63) is 53.7 Å². The first-order valence-electron chi connectivity index (χ1n) is 6.64. The Hall–Kier alpha value is -2.07. The highest BCUT2D eigenvalue weighted by Crippen LogP contribution is 2.11. The van der Waals surface area contributed by atoms with Crippen LogP contribution in [0, 0.1) is 0 Å². The molecule has 0 saturated heterocycles. The van der Waals surface area contributed by atoms with Crippen LogP contribution in [0.1, 0.15) is 11.1 Å². The zero-order valence-corrected chi connectivity index (χ0v) is 11.9. The minimum atomic E-state index is 0.652. The van der Waals surface area contributed by atoms with Gasteiger partial charge in [0.05, 0.1) is 14.2 Å². The Morgan fingerprint density at radius 3 is 2.50 bits per heavy atom. The average molecular weight is 272 g/mol. The maximum atomic E-state index is 5.14. The van der Waals surface area contributed by atoms with Crippen LogP contribution in [0.4, 0.5) is 0 Å². The van der Waals surface area contributed by atoms with Crippen molar-refractivity contribution in [3.63, 3.8) is 0 Å². The maximum absolute atomic E-state index is 5.14. The van der Waals surface area contributed by atoms with Gasteiger partial charge in [-0.25, -0.2) is 4.98 Å². The van der Waals surface area contributed by atoms with Crippen molar-refractivity contribution in [2.75, 3.05) is 20.8 Å². The van der Waals surface area contributed by atoms with E-state index in [2.05, 4.69) is 22.4 Å². The Kier molecular flexibility index (Phi) is 5.38. The molecule has 1 aromatic carbocycles. The summed E-state index contributed by atoms with van der Waals surface area (Å²) >= 11 is 0. The smallest absolute Gasteiger partial charge is 0.213 e. The van der Waals surface area contributed by atoms with Gasteiger partial charge >= 0.3 is 0 Å². The zero-order chi connectivity index (χ0) is 14.2. The van der Waals surface area contributed by atoms with Crippen LogP contribution in [-0.2, 0) is 13.0 Å². The Morgan fingerprint density at radius 2 is 1.80 bits per heavy atom. The van der Waals surface area contributed by atoms with Crippen LogP contribution in [-0.4, -0.2) is 25.7 Å². The number of benzene rings is 1. The zero-order valence-electron chi connectivity index (χ0n) is 11.9. The first kappa shape index (κ1) is 14.3. The van der Waals surface area contributed by atoms with Crippen molar-refractivity contribution < 1.29 is 9.47 Å². The molecule has 1 N–H and O–H groups in total. The van der Waals surface area contributed by atoms with E-state index in [9.17, 15) is 0 Å². The molecule has 0 atom stereocenters. The molecule has 0 amide bonds. The topological polar surface area (TPSA) is 43.4 Å². The molecule has 2 aromatic rings. The first-order chi connectivity index (χ1) is 9.81. The van der Waals surface area contributed by atoms with E-state index in [0.717, 1.165) is 25.3 Å². The molecule has 106 valence electrons. The fourth-order valence-electron chi connectivity index (χ4n) is 1.93. The molecule has 4 nitrogen and oxygen atoms in total. The van der Waals surface area contributed by atoms with Crippen LogP contribution in [0.2, 0.25) is 0 Å². The summed E-state index contributed by atoms with van der Waals surface area (Å²) in [5.74, 6) is 1.55. The van der Waals surface area contributed by atoms with E-state index in [-0.39, 0.29) is 0 Å². The molecular formula is C16H20N2O2. The number of hydrogen-bond acceptors (Lipinski definition) is 4. The minimum absolute atomic E-state index is 0.652. The van der Waals surface area contributed by atoms with Crippen LogP contribution in [0.3, 0.4) is 0 Å². The summed E-state index contributed by atoms with van der Waals surface area (Å²) in [4.78, 5) is 4.09. The summed E-state index contributed by atoms with van der Waals surface area (Å²) in [5.41, 5.74) is 2.47. The third kappa shape index (κ3) is 4.24. The predicted molar refractivity (Wildman–Crippen MR) is 79.2 cm³/mol. The van der Waals surface area contributed by atoms with Crippen LogP contribution in [0.5, 0.6) is 11.6 Å². The van der Waals surface area contributed by atoms with Gasteiger partial charge < -0.3 is 14.8 Å². The van der Waals surface area contributed by atoms with Gasteiger partial charge in [0.15, 0.2) is 0 Å². The quantitative estimate of drug-likeness (QED) is 0.786. The van der Waals surface area contributed by atoms with Crippen molar-refractivity contribution in [2.24, 2.45) is 0 Å². The molecule has 4 heteroatoms. The lowest BCUT2D eigenvalue weighted by atomic mass is 10.1. The number of hydrogen-bond donors (Lipinski definition) is 1. The van der Waals surface area contributed by atoms with Gasteiger partial charge in [0.1, 0.15) is 5.75 Å². The maximum Gasteiger partial charge on any atom is 0.213 e. The first-order valence-corrected chi connectivity index (χ1v) is 6.64. The average Bonchev–Trinajstić information content (AvgIpc) is 2.52. The molecule has 0 aliphatic rings. The van der Waals surface area contributed by atoms with Crippen molar-refractivity contribution in [2.45, 2.75) is 13.0 Å². The second kappa shape index (κ2) is 7.50. The number of pyridine rings is 1. The molecule has 0 aliphatic carbocycles. The number of methoxy groups -OCH3 is 2. The predicted octanol–water partition coefficient (Wildman–Crippen LogP) is 2.43. The van der Waals surface area contributed by atoms with Gasteiger partial charge in [-0.3, -0.25) is 0 Å². The molecule has 0 fully saturated rings. The van der Waals surface area contributed by atoms with E-state index in [1.807, 2.05) is 24.3 Å². The highest BCUT2D eigenvalue weighted by Gasteiger charge is 1.98. The number of nitrogens with one attached hydrogen (secondary N) is 1. The van der Waals surface area contributed by atoms with Gasteiger partial charge in [-0.1, -0.05) is 12.1 Å². The summed E-state index contributed by atoms with van der Waals surface area (Å²) < 4.78 is 10.2. The summed E-state index contributed by atoms with van der Waals surface area (Å²) in [5, 5.41) is 3.42. The monoisotopic (exact) mass is 272 g/mol. The highest BCUT2D eigenvalue weighted by molar-refractivity contribution is 5.27. The lowest BCUT2D eigenvalue weighted by molar-refractivity contribution is 0.397. The van der Waals surface area contributed by atoms with Crippen molar-refractivity contribution in [1.29, 1.82) is 0 Å². The van der Waals surface area contributed by atoms with Crippen LogP contribution in [0.25, 0.3) is 0 Å². The number of aromatic nitrogens is 1. The SMILES string of the molecule is COc1ccc(CCNCc2ccnc(OC)c2)cc1. The molecule has 20 heavy (non-hydrogen) atoms. The Morgan fingerprint density at radius 1 is 1.00 bits per heavy atom. The Balaban J connectivity index is 1.75. The lowest BCUT2D eigenvalue weighted by Crippen LogP contribution is -2.16. The van der Waals surface area contributed by atoms with Crippen molar-refractivity contribution in [1.82, 2.24) is 10.3 Å². The van der Waals surface area contributed by atoms with Gasteiger partial charge in [0.25, 0.3) is 0 Å². The fraction of sp³-hybridized carbons (Fsp3) is 0.312. The third-order valence-corrected chi connectivity index (χ3v) is 3.09. The molecule has 0 radical (unpaired) electrons. The molecule has 0 bridgehead atoms. The van der Waals surface area contributed by atoms with Gasteiger partial charge in [0.2, 0.25) is 5.88 Å². The normalized spacial score (nSPS) is 10.3. The standard InChI is InChI=1S/C16H20N2O2/c1-19-15-5-3-13(4-6-15)7-9-17-12-14-8-10-18-16(11-14)20-2/h3-6,8,10-11,17H,7,9,12H2,1-2H3. The molecule has 0 spiro atoms. The van der Waals surface area contributed by atoms with Gasteiger partial charge in [0, 0.05) is 18.8 Å². The van der Waals surface area contributed by atoms with Crippen molar-refractivity contribution in [3.8, 4) is 11.6 Å². The van der Waals surface area contributed by atoms with E-state index in [1.54, 1.807) is 20.4 Å². The summed E-state index contributed by atoms with van der Waals surface area (Å²) in [6, 6.07) is 12.1. The molecule has 1 aromatic heterocycles. The van der Waals surface area contributed by atoms with E-state index >= 15 is 0 Å². The number of rotatable bonds is 7. The van der Waals surface area contributed by atoms with Crippen molar-refractivity contribution >= 4 is 0 Å². The van der Waals surface area contributed by atoms with E-state index in [4.69, 9.17) is 9.47 Å². The van der Waals surface area contributed by atoms with Crippen LogP contribution >= 0.6 is 0 Å². The molecule has 0 aliphatic heterocycles. The fourth-order valence-corrected chi connectivity index (χ4v) is 1.93. The molecular weight excluding hydrogens is 252 g/mol.